The smallest absolute Gasteiger partial charge is 0.320 e. The van der Waals surface area contributed by atoms with Crippen molar-refractivity contribution in [3.63, 3.8) is 0 Å². The zero-order valence-corrected chi connectivity index (χ0v) is 18.1. The van der Waals surface area contributed by atoms with Crippen LogP contribution in [0.4, 0.5) is 14.9 Å². The van der Waals surface area contributed by atoms with Gasteiger partial charge in [0.25, 0.3) is 0 Å². The predicted molar refractivity (Wildman–Crippen MR) is 115 cm³/mol. The molecule has 0 N–H and O–H groups in total. The third-order valence-electron chi connectivity index (χ3n) is 7.48. The summed E-state index contributed by atoms with van der Waals surface area (Å²) in [5.74, 6) is 0.356. The van der Waals surface area contributed by atoms with Crippen LogP contribution in [0.5, 0.6) is 0 Å². The molecule has 2 spiro atoms. The first-order valence-corrected chi connectivity index (χ1v) is 11.3. The van der Waals surface area contributed by atoms with Crippen LogP contribution in [0, 0.1) is 22.6 Å². The van der Waals surface area contributed by atoms with Crippen molar-refractivity contribution >= 4 is 23.3 Å². The van der Waals surface area contributed by atoms with Crippen molar-refractivity contribution in [2.45, 2.75) is 19.3 Å². The summed E-state index contributed by atoms with van der Waals surface area (Å²) < 4.78 is 13.4. The predicted octanol–water partition coefficient (Wildman–Crippen LogP) is 3.47. The summed E-state index contributed by atoms with van der Waals surface area (Å²) in [4.78, 5) is 27.3. The van der Waals surface area contributed by atoms with Crippen LogP contribution in [0.1, 0.15) is 18.5 Å². The topological polar surface area (TPSA) is 52.6 Å². The number of pyridine rings is 2. The molecule has 0 radical (unpaired) electrons. The lowest BCUT2D eigenvalue weighted by Gasteiger charge is -2.64. The summed E-state index contributed by atoms with van der Waals surface area (Å²) in [5, 5.41) is 0.676. The molecular weight excluding hydrogens is 417 g/mol. The summed E-state index contributed by atoms with van der Waals surface area (Å²) in [5.41, 5.74) is 2.45. The van der Waals surface area contributed by atoms with Crippen LogP contribution in [0.25, 0.3) is 0 Å². The molecule has 1 aliphatic carbocycles. The molecule has 0 bridgehead atoms. The average Bonchev–Trinajstić information content (AvgIpc) is 2.62. The van der Waals surface area contributed by atoms with Gasteiger partial charge in [-0.3, -0.25) is 9.97 Å². The minimum Gasteiger partial charge on any atom is -0.369 e. The number of carbonyl (C=O) groups excluding carboxylic acids is 1. The fourth-order valence-electron chi connectivity index (χ4n) is 6.11. The SMILES string of the molecule is O=C(N1CC2(CC(Cc3ccc(Cl)cn3)C2)C1)N1CC2(C1)CN(c1cncc(F)c1)C2. The Labute approximate surface area is 186 Å². The summed E-state index contributed by atoms with van der Waals surface area (Å²) in [6.45, 7) is 5.12. The second-order valence-electron chi connectivity index (χ2n) is 10.2. The Morgan fingerprint density at radius 1 is 1.03 bits per heavy atom. The van der Waals surface area contributed by atoms with Gasteiger partial charge >= 0.3 is 6.03 Å². The van der Waals surface area contributed by atoms with Crippen molar-refractivity contribution in [3.8, 4) is 0 Å². The highest BCUT2D eigenvalue weighted by atomic mass is 35.5. The van der Waals surface area contributed by atoms with E-state index in [0.717, 1.165) is 57.1 Å². The molecule has 0 unspecified atom stereocenters. The van der Waals surface area contributed by atoms with Gasteiger partial charge < -0.3 is 14.7 Å². The number of amides is 2. The van der Waals surface area contributed by atoms with Crippen molar-refractivity contribution in [1.29, 1.82) is 0 Å². The van der Waals surface area contributed by atoms with Gasteiger partial charge in [-0.1, -0.05) is 11.6 Å². The van der Waals surface area contributed by atoms with E-state index in [-0.39, 0.29) is 17.3 Å². The molecule has 1 saturated carbocycles. The summed E-state index contributed by atoms with van der Waals surface area (Å²) in [7, 11) is 0. The largest absolute Gasteiger partial charge is 0.369 e. The Bertz CT molecular complexity index is 1000. The van der Waals surface area contributed by atoms with Crippen LogP contribution in [-0.2, 0) is 6.42 Å². The lowest BCUT2D eigenvalue weighted by molar-refractivity contribution is -0.0894. The first-order valence-electron chi connectivity index (χ1n) is 10.9. The highest BCUT2D eigenvalue weighted by molar-refractivity contribution is 6.30. The molecule has 2 aromatic rings. The Morgan fingerprint density at radius 2 is 1.74 bits per heavy atom. The van der Waals surface area contributed by atoms with Gasteiger partial charge in [0.1, 0.15) is 5.82 Å². The van der Waals surface area contributed by atoms with Crippen LogP contribution < -0.4 is 4.90 Å². The van der Waals surface area contributed by atoms with Gasteiger partial charge in [-0.25, -0.2) is 9.18 Å². The summed E-state index contributed by atoms with van der Waals surface area (Å²) in [6.07, 6.45) is 8.00. The Balaban J connectivity index is 0.940. The van der Waals surface area contributed by atoms with E-state index in [1.807, 2.05) is 21.9 Å². The molecule has 6 rings (SSSR count). The van der Waals surface area contributed by atoms with E-state index in [1.54, 1.807) is 12.4 Å². The maximum absolute atomic E-state index is 13.4. The third kappa shape index (κ3) is 3.34. The standard InChI is InChI=1S/C23H25ClFN5O/c24-17-1-2-19(27-7-17)3-16-5-22(6-16)10-29(11-22)21(31)30-14-23(15-30)12-28(13-23)20-4-18(25)8-26-9-20/h1-2,4,7-9,16H,3,5-6,10-15H2. The van der Waals surface area contributed by atoms with Crippen molar-refractivity contribution in [2.75, 3.05) is 44.2 Å². The molecule has 0 atom stereocenters. The molecule has 2 amide bonds. The number of rotatable bonds is 3. The van der Waals surface area contributed by atoms with E-state index in [2.05, 4.69) is 14.9 Å². The maximum Gasteiger partial charge on any atom is 0.320 e. The lowest BCUT2D eigenvalue weighted by Crippen LogP contribution is -2.76. The molecule has 4 fully saturated rings. The van der Waals surface area contributed by atoms with Crippen LogP contribution in [0.3, 0.4) is 0 Å². The van der Waals surface area contributed by atoms with Crippen LogP contribution in [0.2, 0.25) is 5.02 Å². The monoisotopic (exact) mass is 441 g/mol. The molecule has 6 nitrogen and oxygen atoms in total. The molecular formula is C23H25ClFN5O. The number of hydrogen-bond donors (Lipinski definition) is 0. The molecule has 2 aromatic heterocycles. The number of nitrogens with zero attached hydrogens (tertiary/aromatic N) is 5. The van der Waals surface area contributed by atoms with E-state index < -0.39 is 0 Å². The van der Waals surface area contributed by atoms with Gasteiger partial charge in [-0.05, 0) is 37.3 Å². The highest BCUT2D eigenvalue weighted by Gasteiger charge is 2.58. The Morgan fingerprint density at radius 3 is 2.39 bits per heavy atom. The van der Waals surface area contributed by atoms with Gasteiger partial charge in [0.2, 0.25) is 0 Å². The van der Waals surface area contributed by atoms with E-state index in [1.165, 1.54) is 25.1 Å². The second kappa shape index (κ2) is 6.79. The minimum absolute atomic E-state index is 0.178. The van der Waals surface area contributed by atoms with E-state index in [4.69, 9.17) is 11.6 Å². The number of anilines is 1. The van der Waals surface area contributed by atoms with Crippen molar-refractivity contribution in [3.05, 3.63) is 53.3 Å². The molecule has 5 heterocycles. The van der Waals surface area contributed by atoms with Gasteiger partial charge in [0.15, 0.2) is 0 Å². The van der Waals surface area contributed by atoms with E-state index in [9.17, 15) is 9.18 Å². The normalized spacial score (nSPS) is 23.2. The second-order valence-corrected chi connectivity index (χ2v) is 10.6. The number of halogens is 2. The van der Waals surface area contributed by atoms with Gasteiger partial charge in [-0.15, -0.1) is 0 Å². The quantitative estimate of drug-likeness (QED) is 0.732. The third-order valence-corrected chi connectivity index (χ3v) is 7.71. The van der Waals surface area contributed by atoms with Crippen molar-refractivity contribution < 1.29 is 9.18 Å². The molecule has 31 heavy (non-hydrogen) atoms. The van der Waals surface area contributed by atoms with Crippen molar-refractivity contribution in [1.82, 2.24) is 19.8 Å². The van der Waals surface area contributed by atoms with Crippen LogP contribution >= 0.6 is 11.6 Å². The summed E-state index contributed by atoms with van der Waals surface area (Å²) >= 11 is 5.91. The van der Waals surface area contributed by atoms with Crippen LogP contribution in [-0.4, -0.2) is 65.1 Å². The zero-order valence-electron chi connectivity index (χ0n) is 17.3. The van der Waals surface area contributed by atoms with Crippen LogP contribution in [0.15, 0.2) is 36.8 Å². The fraction of sp³-hybridized carbons (Fsp3) is 0.522. The van der Waals surface area contributed by atoms with Gasteiger partial charge in [0.05, 0.1) is 23.1 Å². The molecule has 3 saturated heterocycles. The first kappa shape index (κ1) is 19.3. The van der Waals surface area contributed by atoms with Gasteiger partial charge in [-0.2, -0.15) is 0 Å². The molecule has 8 heteroatoms. The molecule has 4 aliphatic rings. The van der Waals surface area contributed by atoms with Gasteiger partial charge in [0, 0.05) is 68.1 Å². The minimum atomic E-state index is -0.307. The van der Waals surface area contributed by atoms with Crippen molar-refractivity contribution in [2.24, 2.45) is 16.7 Å². The lowest BCUT2D eigenvalue weighted by atomic mass is 9.57. The number of likely N-dealkylation sites (tertiary alicyclic amines) is 2. The highest BCUT2D eigenvalue weighted by Crippen LogP contribution is 2.53. The number of urea groups is 1. The maximum atomic E-state index is 13.4. The Kier molecular flexibility index (Phi) is 4.23. The summed E-state index contributed by atoms with van der Waals surface area (Å²) in [6, 6.07) is 5.62. The number of carbonyl (C=O) groups is 1. The van der Waals surface area contributed by atoms with E-state index in [0.29, 0.717) is 16.4 Å². The molecule has 162 valence electrons. The first-order chi connectivity index (χ1) is 14.9. The molecule has 0 aromatic carbocycles. The fourth-order valence-corrected chi connectivity index (χ4v) is 6.22. The Hall–Kier alpha value is -2.41. The molecule has 3 aliphatic heterocycles. The van der Waals surface area contributed by atoms with E-state index >= 15 is 0 Å². The average molecular weight is 442 g/mol. The number of hydrogen-bond acceptors (Lipinski definition) is 4. The zero-order chi connectivity index (χ0) is 21.2. The number of aromatic nitrogens is 2.